The SMILES string of the molecule is CCN(CC(F)(F)F)C1CCCC1C#N. The van der Waals surface area contributed by atoms with Crippen molar-refractivity contribution in [2.45, 2.75) is 38.4 Å². The predicted octanol–water partition coefficient (Wildman–Crippen LogP) is 2.56. The number of halogens is 3. The van der Waals surface area contributed by atoms with Gasteiger partial charge in [0.2, 0.25) is 0 Å². The van der Waals surface area contributed by atoms with Crippen molar-refractivity contribution in [3.63, 3.8) is 0 Å². The fraction of sp³-hybridized carbons (Fsp3) is 0.900. The molecule has 1 fully saturated rings. The molecule has 86 valence electrons. The van der Waals surface area contributed by atoms with Crippen LogP contribution in [0.5, 0.6) is 0 Å². The first-order valence-corrected chi connectivity index (χ1v) is 5.18. The third-order valence-corrected chi connectivity index (χ3v) is 2.90. The van der Waals surface area contributed by atoms with E-state index in [2.05, 4.69) is 6.07 Å². The standard InChI is InChI=1S/C10H15F3N2/c1-2-15(7-10(11,12)13)9-5-3-4-8(9)6-14/h8-9H,2-5,7H2,1H3. The van der Waals surface area contributed by atoms with Gasteiger partial charge in [0, 0.05) is 6.04 Å². The molecule has 2 atom stereocenters. The first-order chi connectivity index (χ1) is 6.98. The molecule has 0 aromatic rings. The number of hydrogen-bond acceptors (Lipinski definition) is 2. The summed E-state index contributed by atoms with van der Waals surface area (Å²) in [5.74, 6) is -0.229. The number of hydrogen-bond donors (Lipinski definition) is 0. The highest BCUT2D eigenvalue weighted by Crippen LogP contribution is 2.31. The topological polar surface area (TPSA) is 27.0 Å². The van der Waals surface area contributed by atoms with Crippen LogP contribution < -0.4 is 0 Å². The molecule has 0 aliphatic heterocycles. The Balaban J connectivity index is 2.62. The Morgan fingerprint density at radius 3 is 2.53 bits per heavy atom. The van der Waals surface area contributed by atoms with Gasteiger partial charge in [0.05, 0.1) is 18.5 Å². The molecule has 0 saturated heterocycles. The minimum absolute atomic E-state index is 0.207. The van der Waals surface area contributed by atoms with E-state index >= 15 is 0 Å². The Labute approximate surface area is 87.7 Å². The molecule has 1 aliphatic rings. The second kappa shape index (κ2) is 4.84. The van der Waals surface area contributed by atoms with Crippen molar-refractivity contribution in [2.75, 3.05) is 13.1 Å². The van der Waals surface area contributed by atoms with Gasteiger partial charge in [-0.2, -0.15) is 18.4 Å². The zero-order valence-electron chi connectivity index (χ0n) is 8.72. The Kier molecular flexibility index (Phi) is 3.97. The van der Waals surface area contributed by atoms with Crippen LogP contribution in [0, 0.1) is 17.2 Å². The van der Waals surface area contributed by atoms with Crippen molar-refractivity contribution in [1.82, 2.24) is 4.90 Å². The van der Waals surface area contributed by atoms with E-state index in [-0.39, 0.29) is 12.0 Å². The smallest absolute Gasteiger partial charge is 0.291 e. The van der Waals surface area contributed by atoms with Gasteiger partial charge in [0.1, 0.15) is 0 Å². The molecule has 0 bridgehead atoms. The van der Waals surface area contributed by atoms with Crippen LogP contribution in [0.1, 0.15) is 26.2 Å². The van der Waals surface area contributed by atoms with Crippen LogP contribution in [-0.2, 0) is 0 Å². The normalized spacial score (nSPS) is 26.9. The Hall–Kier alpha value is -0.760. The van der Waals surface area contributed by atoms with Crippen molar-refractivity contribution >= 4 is 0 Å². The molecule has 0 aromatic carbocycles. The average molecular weight is 220 g/mol. The fourth-order valence-electron chi connectivity index (χ4n) is 2.22. The lowest BCUT2D eigenvalue weighted by Crippen LogP contribution is -2.43. The van der Waals surface area contributed by atoms with Gasteiger partial charge in [-0.05, 0) is 19.4 Å². The zero-order chi connectivity index (χ0) is 11.5. The molecule has 0 N–H and O–H groups in total. The van der Waals surface area contributed by atoms with Crippen LogP contribution in [-0.4, -0.2) is 30.2 Å². The molecule has 1 rings (SSSR count). The second-order valence-corrected chi connectivity index (χ2v) is 3.91. The van der Waals surface area contributed by atoms with Gasteiger partial charge >= 0.3 is 6.18 Å². The van der Waals surface area contributed by atoms with E-state index in [1.165, 1.54) is 4.90 Å². The van der Waals surface area contributed by atoms with Gasteiger partial charge in [-0.1, -0.05) is 13.3 Å². The highest BCUT2D eigenvalue weighted by molar-refractivity contribution is 4.97. The van der Waals surface area contributed by atoms with Crippen molar-refractivity contribution in [1.29, 1.82) is 5.26 Å². The van der Waals surface area contributed by atoms with Gasteiger partial charge < -0.3 is 0 Å². The average Bonchev–Trinajstić information content (AvgIpc) is 2.60. The Bertz CT molecular complexity index is 244. The summed E-state index contributed by atoms with van der Waals surface area (Å²) in [4.78, 5) is 1.38. The molecule has 15 heavy (non-hydrogen) atoms. The lowest BCUT2D eigenvalue weighted by atomic mass is 10.0. The lowest BCUT2D eigenvalue weighted by Gasteiger charge is -2.30. The molecule has 0 aromatic heterocycles. The Morgan fingerprint density at radius 2 is 2.07 bits per heavy atom. The first-order valence-electron chi connectivity index (χ1n) is 5.18. The number of alkyl halides is 3. The van der Waals surface area contributed by atoms with Gasteiger partial charge in [-0.25, -0.2) is 0 Å². The minimum Gasteiger partial charge on any atom is -0.291 e. The third-order valence-electron chi connectivity index (χ3n) is 2.90. The number of nitrogens with zero attached hydrogens (tertiary/aromatic N) is 2. The van der Waals surface area contributed by atoms with E-state index in [1.807, 2.05) is 0 Å². The Morgan fingerprint density at radius 1 is 1.40 bits per heavy atom. The van der Waals surface area contributed by atoms with Crippen molar-refractivity contribution in [2.24, 2.45) is 5.92 Å². The molecule has 1 aliphatic carbocycles. The van der Waals surface area contributed by atoms with E-state index in [4.69, 9.17) is 5.26 Å². The highest BCUT2D eigenvalue weighted by Gasteiger charge is 2.37. The van der Waals surface area contributed by atoms with E-state index in [1.54, 1.807) is 6.92 Å². The molecule has 2 nitrogen and oxygen atoms in total. The number of rotatable bonds is 3. The van der Waals surface area contributed by atoms with E-state index < -0.39 is 12.7 Å². The van der Waals surface area contributed by atoms with Gasteiger partial charge in [-0.15, -0.1) is 0 Å². The summed E-state index contributed by atoms with van der Waals surface area (Å²) >= 11 is 0. The van der Waals surface area contributed by atoms with E-state index in [9.17, 15) is 13.2 Å². The van der Waals surface area contributed by atoms with Crippen molar-refractivity contribution < 1.29 is 13.2 Å². The largest absolute Gasteiger partial charge is 0.401 e. The van der Waals surface area contributed by atoms with E-state index in [0.717, 1.165) is 12.8 Å². The molecular formula is C10H15F3N2. The first kappa shape index (κ1) is 12.3. The van der Waals surface area contributed by atoms with E-state index in [0.29, 0.717) is 13.0 Å². The molecule has 0 spiro atoms. The highest BCUT2D eigenvalue weighted by atomic mass is 19.4. The van der Waals surface area contributed by atoms with Crippen LogP contribution in [0.2, 0.25) is 0 Å². The summed E-state index contributed by atoms with van der Waals surface area (Å²) in [6.07, 6.45) is -1.87. The second-order valence-electron chi connectivity index (χ2n) is 3.91. The summed E-state index contributed by atoms with van der Waals surface area (Å²) in [6, 6.07) is 1.90. The van der Waals surface area contributed by atoms with Crippen LogP contribution in [0.25, 0.3) is 0 Å². The quantitative estimate of drug-likeness (QED) is 0.730. The monoisotopic (exact) mass is 220 g/mol. The van der Waals surface area contributed by atoms with Crippen LogP contribution in [0.4, 0.5) is 13.2 Å². The minimum atomic E-state index is -4.17. The van der Waals surface area contributed by atoms with Crippen molar-refractivity contribution in [3.8, 4) is 6.07 Å². The number of nitriles is 1. The molecule has 0 heterocycles. The van der Waals surface area contributed by atoms with Gasteiger partial charge in [0.15, 0.2) is 0 Å². The van der Waals surface area contributed by atoms with Gasteiger partial charge in [0.25, 0.3) is 0 Å². The molecule has 0 amide bonds. The lowest BCUT2D eigenvalue weighted by molar-refractivity contribution is -0.151. The maximum absolute atomic E-state index is 12.3. The zero-order valence-corrected chi connectivity index (χ0v) is 8.72. The summed E-state index contributed by atoms with van der Waals surface area (Å²) in [5.41, 5.74) is 0. The maximum Gasteiger partial charge on any atom is 0.401 e. The molecular weight excluding hydrogens is 205 g/mol. The maximum atomic E-state index is 12.3. The van der Waals surface area contributed by atoms with Gasteiger partial charge in [-0.3, -0.25) is 4.90 Å². The molecule has 5 heteroatoms. The predicted molar refractivity (Wildman–Crippen MR) is 50.0 cm³/mol. The molecule has 1 saturated carbocycles. The van der Waals surface area contributed by atoms with Crippen molar-refractivity contribution in [3.05, 3.63) is 0 Å². The van der Waals surface area contributed by atoms with Crippen LogP contribution >= 0.6 is 0 Å². The van der Waals surface area contributed by atoms with Crippen LogP contribution in [0.3, 0.4) is 0 Å². The summed E-state index contributed by atoms with van der Waals surface area (Å²) in [7, 11) is 0. The summed E-state index contributed by atoms with van der Waals surface area (Å²) in [6.45, 7) is 1.16. The summed E-state index contributed by atoms with van der Waals surface area (Å²) in [5, 5.41) is 8.82. The fourth-order valence-corrected chi connectivity index (χ4v) is 2.22. The molecule has 2 unspecified atom stereocenters. The summed E-state index contributed by atoms with van der Waals surface area (Å²) < 4.78 is 36.8. The van der Waals surface area contributed by atoms with Crippen LogP contribution in [0.15, 0.2) is 0 Å². The molecule has 0 radical (unpaired) electrons. The third kappa shape index (κ3) is 3.38.